The maximum absolute atomic E-state index is 14.3. The van der Waals surface area contributed by atoms with E-state index in [0.29, 0.717) is 26.9 Å². The number of benzene rings is 2. The number of carbonyl (C=O) groups is 2. The Bertz CT molecular complexity index is 1120. The van der Waals surface area contributed by atoms with Gasteiger partial charge in [0.2, 0.25) is 0 Å². The minimum absolute atomic E-state index is 0.0346. The molecule has 0 spiro atoms. The first-order valence-electron chi connectivity index (χ1n) is 8.65. The van der Waals surface area contributed by atoms with Gasteiger partial charge in [0.15, 0.2) is 6.10 Å². The zero-order chi connectivity index (χ0) is 21.0. The van der Waals surface area contributed by atoms with Gasteiger partial charge >= 0.3 is 5.97 Å². The van der Waals surface area contributed by atoms with Gasteiger partial charge in [-0.25, -0.2) is 9.18 Å². The van der Waals surface area contributed by atoms with E-state index in [2.05, 4.69) is 5.32 Å². The van der Waals surface area contributed by atoms with Gasteiger partial charge in [-0.15, -0.1) is 11.3 Å². The summed E-state index contributed by atoms with van der Waals surface area (Å²) in [4.78, 5) is 25.2. The second-order valence-corrected chi connectivity index (χ2v) is 7.24. The van der Waals surface area contributed by atoms with Crippen molar-refractivity contribution in [1.82, 2.24) is 0 Å². The van der Waals surface area contributed by atoms with E-state index < -0.39 is 23.8 Å². The van der Waals surface area contributed by atoms with E-state index in [1.807, 2.05) is 6.07 Å². The van der Waals surface area contributed by atoms with Crippen molar-refractivity contribution < 1.29 is 23.5 Å². The first-order chi connectivity index (χ1) is 13.9. The average molecular weight is 412 g/mol. The summed E-state index contributed by atoms with van der Waals surface area (Å²) in [5.74, 6) is -1.73. The summed E-state index contributed by atoms with van der Waals surface area (Å²) in [6.07, 6.45) is -1.10. The quantitative estimate of drug-likeness (QED) is 0.612. The Morgan fingerprint density at radius 2 is 2.03 bits per heavy atom. The number of esters is 1. The molecule has 0 radical (unpaired) electrons. The first kappa shape index (κ1) is 20.5. The van der Waals surface area contributed by atoms with Crippen molar-refractivity contribution in [1.29, 1.82) is 5.26 Å². The van der Waals surface area contributed by atoms with Crippen LogP contribution in [0.15, 0.2) is 42.5 Å². The zero-order valence-corrected chi connectivity index (χ0v) is 16.5. The number of amides is 1. The fourth-order valence-electron chi connectivity index (χ4n) is 2.79. The Balaban J connectivity index is 1.79. The number of thiophene rings is 1. The summed E-state index contributed by atoms with van der Waals surface area (Å²) in [5, 5.41) is 11.8. The van der Waals surface area contributed by atoms with Gasteiger partial charge in [0.25, 0.3) is 5.91 Å². The molecular formula is C21H17FN2O4S. The molecule has 0 aliphatic rings. The number of hydrogen-bond donors (Lipinski definition) is 1. The highest BCUT2D eigenvalue weighted by Crippen LogP contribution is 2.34. The molecule has 3 aromatic rings. The summed E-state index contributed by atoms with van der Waals surface area (Å²) in [5.41, 5.74) is 1.20. The smallest absolute Gasteiger partial charge is 0.349 e. The van der Waals surface area contributed by atoms with E-state index in [1.165, 1.54) is 26.2 Å². The van der Waals surface area contributed by atoms with Crippen molar-refractivity contribution in [2.24, 2.45) is 0 Å². The molecule has 1 N–H and O–H groups in total. The van der Waals surface area contributed by atoms with Gasteiger partial charge in [0, 0.05) is 28.4 Å². The minimum Gasteiger partial charge on any atom is -0.448 e. The lowest BCUT2D eigenvalue weighted by atomic mass is 10.1. The number of nitrogens with one attached hydrogen (secondary N) is 1. The van der Waals surface area contributed by atoms with Gasteiger partial charge < -0.3 is 14.8 Å². The van der Waals surface area contributed by atoms with E-state index in [-0.39, 0.29) is 11.5 Å². The van der Waals surface area contributed by atoms with Crippen LogP contribution in [0.4, 0.5) is 10.1 Å². The molecule has 6 nitrogen and oxygen atoms in total. The van der Waals surface area contributed by atoms with E-state index >= 15 is 0 Å². The third kappa shape index (κ3) is 4.42. The molecule has 1 amide bonds. The number of fused-ring (bicyclic) bond motifs is 1. The molecule has 1 atom stereocenters. The number of nitrogens with zero attached hydrogens (tertiary/aromatic N) is 1. The van der Waals surface area contributed by atoms with Gasteiger partial charge in [0.05, 0.1) is 18.2 Å². The largest absolute Gasteiger partial charge is 0.448 e. The van der Waals surface area contributed by atoms with Crippen LogP contribution in [-0.2, 0) is 20.9 Å². The maximum Gasteiger partial charge on any atom is 0.349 e. The minimum atomic E-state index is -1.10. The second kappa shape index (κ2) is 8.82. The molecule has 148 valence electrons. The van der Waals surface area contributed by atoms with Crippen LogP contribution in [0.2, 0.25) is 0 Å². The fraction of sp³-hybridized carbons (Fsp3) is 0.190. The normalized spacial score (nSPS) is 11.7. The summed E-state index contributed by atoms with van der Waals surface area (Å²) in [6.45, 7) is 1.47. The highest BCUT2D eigenvalue weighted by Gasteiger charge is 2.25. The van der Waals surface area contributed by atoms with Crippen molar-refractivity contribution in [3.8, 4) is 6.07 Å². The predicted octanol–water partition coefficient (Wildman–Crippen LogP) is 4.24. The summed E-state index contributed by atoms with van der Waals surface area (Å²) >= 11 is 1.09. The lowest BCUT2D eigenvalue weighted by Crippen LogP contribution is -2.30. The number of nitriles is 1. The highest BCUT2D eigenvalue weighted by atomic mass is 32.1. The second-order valence-electron chi connectivity index (χ2n) is 6.19. The molecule has 2 aromatic carbocycles. The van der Waals surface area contributed by atoms with E-state index in [9.17, 15) is 14.0 Å². The van der Waals surface area contributed by atoms with Crippen LogP contribution in [0.25, 0.3) is 10.1 Å². The van der Waals surface area contributed by atoms with Crippen LogP contribution >= 0.6 is 11.3 Å². The summed E-state index contributed by atoms with van der Waals surface area (Å²) in [7, 11) is 1.45. The van der Waals surface area contributed by atoms with Crippen LogP contribution in [-0.4, -0.2) is 25.1 Å². The van der Waals surface area contributed by atoms with Crippen LogP contribution < -0.4 is 5.32 Å². The molecule has 1 aromatic heterocycles. The maximum atomic E-state index is 14.3. The lowest BCUT2D eigenvalue weighted by Gasteiger charge is -2.14. The third-order valence-electron chi connectivity index (χ3n) is 4.15. The zero-order valence-electron chi connectivity index (χ0n) is 15.7. The molecule has 0 aliphatic carbocycles. The van der Waals surface area contributed by atoms with E-state index in [4.69, 9.17) is 14.7 Å². The van der Waals surface area contributed by atoms with Crippen LogP contribution in [0, 0.1) is 17.1 Å². The monoisotopic (exact) mass is 412 g/mol. The predicted molar refractivity (Wildman–Crippen MR) is 107 cm³/mol. The van der Waals surface area contributed by atoms with Crippen molar-refractivity contribution in [3.63, 3.8) is 0 Å². The van der Waals surface area contributed by atoms with E-state index in [1.54, 1.807) is 30.3 Å². The molecule has 1 heterocycles. The molecule has 0 bridgehead atoms. The number of methoxy groups -OCH3 is 1. The fourth-order valence-corrected chi connectivity index (χ4v) is 3.90. The molecule has 0 saturated heterocycles. The Morgan fingerprint density at radius 1 is 1.28 bits per heavy atom. The first-order valence-corrected chi connectivity index (χ1v) is 9.47. The molecule has 29 heavy (non-hydrogen) atoms. The Morgan fingerprint density at radius 3 is 2.76 bits per heavy atom. The average Bonchev–Trinajstić information content (AvgIpc) is 3.08. The third-order valence-corrected chi connectivity index (χ3v) is 5.33. The van der Waals surface area contributed by atoms with Crippen molar-refractivity contribution in [2.75, 3.05) is 12.4 Å². The molecule has 0 fully saturated rings. The number of halogens is 1. The van der Waals surface area contributed by atoms with E-state index in [0.717, 1.165) is 11.3 Å². The molecule has 0 unspecified atom stereocenters. The molecule has 3 rings (SSSR count). The lowest BCUT2D eigenvalue weighted by molar-refractivity contribution is -0.123. The van der Waals surface area contributed by atoms with Gasteiger partial charge in [-0.1, -0.05) is 12.1 Å². The van der Waals surface area contributed by atoms with Gasteiger partial charge in [0.1, 0.15) is 10.7 Å². The van der Waals surface area contributed by atoms with Gasteiger partial charge in [-0.3, -0.25) is 4.79 Å². The number of anilines is 1. The molecule has 8 heteroatoms. The number of rotatable bonds is 6. The number of carbonyl (C=O) groups excluding carboxylic acids is 2. The Kier molecular flexibility index (Phi) is 6.22. The number of ether oxygens (including phenoxy) is 2. The van der Waals surface area contributed by atoms with Crippen molar-refractivity contribution in [3.05, 3.63) is 64.3 Å². The molecule has 0 aliphatic heterocycles. The van der Waals surface area contributed by atoms with Gasteiger partial charge in [-0.05, 0) is 37.3 Å². The standard InChI is InChI=1S/C21H17FN2O4S/c1-12(20(25)24-14-6-3-5-13(9-14)10-23)28-21(26)19-15(11-27-2)18-16(22)7-4-8-17(18)29-19/h3-9,12H,11H2,1-2H3,(H,24,25)/t12-/m1/s1. The van der Waals surface area contributed by atoms with Crippen LogP contribution in [0.1, 0.15) is 27.7 Å². The van der Waals surface area contributed by atoms with Gasteiger partial charge in [-0.2, -0.15) is 5.26 Å². The summed E-state index contributed by atoms with van der Waals surface area (Å²) < 4.78 is 25.3. The topological polar surface area (TPSA) is 88.4 Å². The van der Waals surface area contributed by atoms with Crippen LogP contribution in [0.3, 0.4) is 0 Å². The highest BCUT2D eigenvalue weighted by molar-refractivity contribution is 7.21. The van der Waals surface area contributed by atoms with Crippen molar-refractivity contribution >= 4 is 39.0 Å². The SMILES string of the molecule is COCc1c(C(=O)O[C@H](C)C(=O)Nc2cccc(C#N)c2)sc2cccc(F)c12. The molecular weight excluding hydrogens is 395 g/mol. The number of hydrogen-bond acceptors (Lipinski definition) is 6. The Hall–Kier alpha value is -3.28. The Labute approximate surface area is 170 Å². The van der Waals surface area contributed by atoms with Crippen LogP contribution in [0.5, 0.6) is 0 Å². The summed E-state index contributed by atoms with van der Waals surface area (Å²) in [6, 6.07) is 12.9. The molecule has 0 saturated carbocycles. The van der Waals surface area contributed by atoms with Crippen molar-refractivity contribution in [2.45, 2.75) is 19.6 Å².